The summed E-state index contributed by atoms with van der Waals surface area (Å²) in [6.07, 6.45) is 1.69. The number of nitrogens with zero attached hydrogens (tertiary/aromatic N) is 3. The molecule has 1 aliphatic rings. The SMILES string of the molecule is CCOC(=O)c1ccc(NC(=O)[C@@H]2CCCN(c3nc(C)nc4oc(C)c(C)c34)C2)cc1. The second-order valence-electron chi connectivity index (χ2n) is 8.13. The van der Waals surface area contributed by atoms with Crippen LogP contribution < -0.4 is 10.2 Å². The van der Waals surface area contributed by atoms with Crippen molar-refractivity contribution in [3.05, 3.63) is 47.0 Å². The monoisotopic (exact) mass is 436 g/mol. The molecule has 8 heteroatoms. The van der Waals surface area contributed by atoms with E-state index >= 15 is 0 Å². The maximum atomic E-state index is 13.0. The Balaban J connectivity index is 1.49. The lowest BCUT2D eigenvalue weighted by atomic mass is 9.96. The maximum absolute atomic E-state index is 13.0. The average molecular weight is 437 g/mol. The van der Waals surface area contributed by atoms with E-state index in [-0.39, 0.29) is 17.8 Å². The molecule has 1 aliphatic heterocycles. The Bertz CT molecular complexity index is 1150. The zero-order valence-electron chi connectivity index (χ0n) is 18.9. The van der Waals surface area contributed by atoms with Crippen LogP contribution in [-0.4, -0.2) is 41.5 Å². The van der Waals surface area contributed by atoms with Crippen molar-refractivity contribution in [3.8, 4) is 0 Å². The molecule has 0 unspecified atom stereocenters. The zero-order valence-corrected chi connectivity index (χ0v) is 18.9. The Kier molecular flexibility index (Phi) is 6.12. The number of nitrogens with one attached hydrogen (secondary N) is 1. The molecule has 1 aromatic carbocycles. The molecule has 0 saturated carbocycles. The number of carbonyl (C=O) groups is 2. The Morgan fingerprint density at radius 1 is 1.19 bits per heavy atom. The molecule has 1 saturated heterocycles. The van der Waals surface area contributed by atoms with E-state index in [1.807, 2.05) is 20.8 Å². The fourth-order valence-corrected chi connectivity index (χ4v) is 4.09. The van der Waals surface area contributed by atoms with Gasteiger partial charge >= 0.3 is 5.97 Å². The second-order valence-corrected chi connectivity index (χ2v) is 8.13. The van der Waals surface area contributed by atoms with Crippen LogP contribution in [0.3, 0.4) is 0 Å². The molecule has 32 heavy (non-hydrogen) atoms. The number of furan rings is 1. The Hall–Kier alpha value is -3.42. The van der Waals surface area contributed by atoms with E-state index in [1.54, 1.807) is 31.2 Å². The van der Waals surface area contributed by atoms with Gasteiger partial charge in [-0.05, 0) is 64.8 Å². The number of ether oxygens (including phenoxy) is 1. The van der Waals surface area contributed by atoms with E-state index in [9.17, 15) is 9.59 Å². The molecule has 0 aliphatic carbocycles. The summed E-state index contributed by atoms with van der Waals surface area (Å²) >= 11 is 0. The van der Waals surface area contributed by atoms with Crippen LogP contribution in [0.15, 0.2) is 28.7 Å². The van der Waals surface area contributed by atoms with E-state index in [1.165, 1.54) is 0 Å². The number of carbonyl (C=O) groups excluding carboxylic acids is 2. The molecule has 1 amide bonds. The van der Waals surface area contributed by atoms with Gasteiger partial charge in [0.1, 0.15) is 17.4 Å². The molecule has 4 rings (SSSR count). The van der Waals surface area contributed by atoms with Gasteiger partial charge in [-0.2, -0.15) is 4.98 Å². The van der Waals surface area contributed by atoms with Crippen molar-refractivity contribution in [2.45, 2.75) is 40.5 Å². The van der Waals surface area contributed by atoms with Gasteiger partial charge in [-0.1, -0.05) is 0 Å². The van der Waals surface area contributed by atoms with Crippen LogP contribution in [0.25, 0.3) is 11.1 Å². The molecule has 1 atom stereocenters. The Morgan fingerprint density at radius 3 is 2.66 bits per heavy atom. The van der Waals surface area contributed by atoms with Gasteiger partial charge in [0.25, 0.3) is 0 Å². The van der Waals surface area contributed by atoms with Crippen LogP contribution >= 0.6 is 0 Å². The van der Waals surface area contributed by atoms with Crippen molar-refractivity contribution in [1.29, 1.82) is 0 Å². The number of hydrogen-bond donors (Lipinski definition) is 1. The zero-order chi connectivity index (χ0) is 22.8. The topological polar surface area (TPSA) is 97.6 Å². The number of amides is 1. The largest absolute Gasteiger partial charge is 0.462 e. The average Bonchev–Trinajstić information content (AvgIpc) is 3.07. The minimum atomic E-state index is -0.371. The van der Waals surface area contributed by atoms with E-state index in [0.717, 1.165) is 41.9 Å². The first-order chi connectivity index (χ1) is 15.4. The van der Waals surface area contributed by atoms with Crippen molar-refractivity contribution in [2.24, 2.45) is 5.92 Å². The number of fused-ring (bicyclic) bond motifs is 1. The number of piperidine rings is 1. The summed E-state index contributed by atoms with van der Waals surface area (Å²) in [6, 6.07) is 6.76. The fourth-order valence-electron chi connectivity index (χ4n) is 4.09. The lowest BCUT2D eigenvalue weighted by molar-refractivity contribution is -0.120. The quantitative estimate of drug-likeness (QED) is 0.599. The molecule has 2 aromatic heterocycles. The minimum Gasteiger partial charge on any atom is -0.462 e. The molecule has 0 bridgehead atoms. The molecule has 1 N–H and O–H groups in total. The minimum absolute atomic E-state index is 0.0410. The van der Waals surface area contributed by atoms with E-state index in [0.29, 0.717) is 35.9 Å². The maximum Gasteiger partial charge on any atom is 0.338 e. The predicted octanol–water partition coefficient (Wildman–Crippen LogP) is 4.18. The molecular weight excluding hydrogens is 408 g/mol. The summed E-state index contributed by atoms with van der Waals surface area (Å²) in [6.45, 7) is 9.28. The highest BCUT2D eigenvalue weighted by Crippen LogP contribution is 2.33. The number of esters is 1. The van der Waals surface area contributed by atoms with Crippen LogP contribution in [-0.2, 0) is 9.53 Å². The van der Waals surface area contributed by atoms with Crippen LogP contribution in [0.1, 0.15) is 47.3 Å². The molecule has 0 spiro atoms. The Labute approximate surface area is 187 Å². The number of aryl methyl sites for hydroxylation is 3. The van der Waals surface area contributed by atoms with Gasteiger partial charge in [0.2, 0.25) is 11.6 Å². The molecular formula is C24H28N4O4. The van der Waals surface area contributed by atoms with E-state index < -0.39 is 0 Å². The number of aromatic nitrogens is 2. The lowest BCUT2D eigenvalue weighted by Crippen LogP contribution is -2.41. The lowest BCUT2D eigenvalue weighted by Gasteiger charge is -2.33. The van der Waals surface area contributed by atoms with Crippen molar-refractivity contribution in [3.63, 3.8) is 0 Å². The molecule has 0 radical (unpaired) electrons. The van der Waals surface area contributed by atoms with E-state index in [2.05, 4.69) is 15.2 Å². The molecule has 8 nitrogen and oxygen atoms in total. The van der Waals surface area contributed by atoms with Gasteiger partial charge in [0, 0.05) is 24.3 Å². The smallest absolute Gasteiger partial charge is 0.338 e. The highest BCUT2D eigenvalue weighted by Gasteiger charge is 2.29. The summed E-state index contributed by atoms with van der Waals surface area (Å²) in [7, 11) is 0. The molecule has 1 fully saturated rings. The number of benzene rings is 1. The summed E-state index contributed by atoms with van der Waals surface area (Å²) in [5.41, 5.74) is 2.74. The fraction of sp³-hybridized carbons (Fsp3) is 0.417. The number of rotatable bonds is 5. The highest BCUT2D eigenvalue weighted by atomic mass is 16.5. The van der Waals surface area contributed by atoms with Crippen molar-refractivity contribution >= 4 is 34.5 Å². The van der Waals surface area contributed by atoms with Gasteiger partial charge in [-0.25, -0.2) is 9.78 Å². The number of anilines is 2. The standard InChI is InChI=1S/C24H28N4O4/c1-5-31-24(30)17-8-10-19(11-9-17)27-22(29)18-7-6-12-28(13-18)21-20-14(2)15(3)32-23(20)26-16(4)25-21/h8-11,18H,5-7,12-13H2,1-4H3,(H,27,29)/t18-/m1/s1. The predicted molar refractivity (Wildman–Crippen MR) is 122 cm³/mol. The summed E-state index contributed by atoms with van der Waals surface area (Å²) < 4.78 is 10.8. The molecule has 3 aromatic rings. The second kappa shape index (κ2) is 8.98. The van der Waals surface area contributed by atoms with Gasteiger partial charge in [-0.15, -0.1) is 0 Å². The van der Waals surface area contributed by atoms with Crippen molar-refractivity contribution in [1.82, 2.24) is 9.97 Å². The highest BCUT2D eigenvalue weighted by molar-refractivity contribution is 5.95. The van der Waals surface area contributed by atoms with Gasteiger partial charge in [0.15, 0.2) is 0 Å². The number of hydrogen-bond acceptors (Lipinski definition) is 7. The first-order valence-electron chi connectivity index (χ1n) is 10.9. The third kappa shape index (κ3) is 4.30. The van der Waals surface area contributed by atoms with Crippen molar-refractivity contribution in [2.75, 3.05) is 29.9 Å². The van der Waals surface area contributed by atoms with E-state index in [4.69, 9.17) is 14.1 Å². The van der Waals surface area contributed by atoms with Crippen LogP contribution in [0.2, 0.25) is 0 Å². The first-order valence-corrected chi connectivity index (χ1v) is 10.9. The summed E-state index contributed by atoms with van der Waals surface area (Å²) in [5, 5.41) is 3.90. The Morgan fingerprint density at radius 2 is 1.94 bits per heavy atom. The van der Waals surface area contributed by atoms with Crippen LogP contribution in [0.4, 0.5) is 11.5 Å². The molecule has 168 valence electrons. The van der Waals surface area contributed by atoms with Crippen LogP contribution in [0.5, 0.6) is 0 Å². The normalized spacial score (nSPS) is 16.2. The third-order valence-electron chi connectivity index (χ3n) is 5.88. The van der Waals surface area contributed by atoms with Crippen molar-refractivity contribution < 1.29 is 18.7 Å². The molecule has 3 heterocycles. The summed E-state index contributed by atoms with van der Waals surface area (Å²) in [4.78, 5) is 36.1. The van der Waals surface area contributed by atoms with Gasteiger partial charge < -0.3 is 19.4 Å². The third-order valence-corrected chi connectivity index (χ3v) is 5.88. The summed E-state index contributed by atoms with van der Waals surface area (Å²) in [5.74, 6) is 1.73. The first kappa shape index (κ1) is 21.8. The van der Waals surface area contributed by atoms with Gasteiger partial charge in [0.05, 0.1) is 23.5 Å². The van der Waals surface area contributed by atoms with Crippen LogP contribution in [0, 0.1) is 26.7 Å². The van der Waals surface area contributed by atoms with Gasteiger partial charge in [-0.3, -0.25) is 4.79 Å².